The molecule has 2 aromatic rings. The molecule has 0 spiro atoms. The number of aliphatic hydroxyl groups is 1. The van der Waals surface area contributed by atoms with Crippen LogP contribution in [0.1, 0.15) is 183 Å². The molecular formula is C74H118N8O15S. The van der Waals surface area contributed by atoms with E-state index in [0.717, 1.165) is 24.0 Å². The first-order valence-corrected chi connectivity index (χ1v) is 36.5. The number of Topliss-reactive ketones (excluding diaryl/α,β-unsaturated/α-hetero) is 3. The summed E-state index contributed by atoms with van der Waals surface area (Å²) in [5.41, 5.74) is 7.56. The van der Waals surface area contributed by atoms with Crippen LogP contribution >= 0.6 is 11.8 Å². The maximum Gasteiger partial charge on any atom is 0.410 e. The van der Waals surface area contributed by atoms with E-state index < -0.39 is 66.3 Å². The number of methoxy groups -OCH3 is 2. The fourth-order valence-corrected chi connectivity index (χ4v) is 14.0. The molecule has 1 unspecified atom stereocenters. The van der Waals surface area contributed by atoms with Gasteiger partial charge in [-0.15, -0.1) is 0 Å². The third-order valence-electron chi connectivity index (χ3n) is 19.3. The smallest absolute Gasteiger partial charge is 0.410 e. The molecular weight excluding hydrogens is 1270 g/mol. The second-order valence-corrected chi connectivity index (χ2v) is 28.7. The molecule has 0 saturated carbocycles. The summed E-state index contributed by atoms with van der Waals surface area (Å²) in [6.45, 7) is 24.0. The monoisotopic (exact) mass is 1390 g/mol. The molecule has 2 aliphatic rings. The highest BCUT2D eigenvalue weighted by molar-refractivity contribution is 8.00. The molecule has 6 N–H and O–H groups in total. The number of unbranched alkanes of at least 4 members (excludes halogenated alkanes) is 2. The molecule has 13 atom stereocenters. The van der Waals surface area contributed by atoms with Crippen LogP contribution in [0, 0.1) is 54.3 Å². The minimum absolute atomic E-state index is 0.0176. The summed E-state index contributed by atoms with van der Waals surface area (Å²) >= 11 is 1.38. The number of likely N-dealkylation sites (tertiary alicyclic amines) is 2. The fraction of sp³-hybridized carbons (Fsp3) is 0.689. The molecule has 0 aromatic heterocycles. The zero-order valence-corrected chi connectivity index (χ0v) is 62.4. The molecule has 0 radical (unpaired) electrons. The average molecular weight is 1390 g/mol. The maximum atomic E-state index is 14.4. The number of urea groups is 1. The Labute approximate surface area is 587 Å². The van der Waals surface area contributed by atoms with Gasteiger partial charge in [-0.1, -0.05) is 130 Å². The summed E-state index contributed by atoms with van der Waals surface area (Å²) in [4.78, 5) is 149. The highest BCUT2D eigenvalue weighted by Crippen LogP contribution is 2.34. The van der Waals surface area contributed by atoms with Crippen molar-refractivity contribution in [2.45, 2.75) is 221 Å². The zero-order chi connectivity index (χ0) is 73.7. The van der Waals surface area contributed by atoms with E-state index in [1.165, 1.54) is 21.6 Å². The number of amides is 9. The second kappa shape index (κ2) is 43.0. The lowest BCUT2D eigenvalue weighted by Gasteiger charge is -2.41. The second-order valence-electron chi connectivity index (χ2n) is 27.7. The number of primary amides is 1. The number of nitrogens with two attached hydrogens (primary N) is 1. The summed E-state index contributed by atoms with van der Waals surface area (Å²) in [6.07, 6.45) is 4.60. The van der Waals surface area contributed by atoms with E-state index >= 15 is 0 Å². The third kappa shape index (κ3) is 26.1. The minimum Gasteiger partial charge on any atom is -0.450 e. The van der Waals surface area contributed by atoms with E-state index in [4.69, 9.17) is 19.9 Å². The van der Waals surface area contributed by atoms with Crippen LogP contribution in [0.5, 0.6) is 0 Å². The molecule has 9 amide bonds. The number of carbonyl (C=O) groups is 11. The third-order valence-corrected chi connectivity index (χ3v) is 20.2. The van der Waals surface area contributed by atoms with E-state index in [1.807, 2.05) is 130 Å². The number of rotatable bonds is 41. The number of ether oxygens (including phenoxy) is 3. The number of carbonyl (C=O) groups excluding carboxylic acids is 11. The molecule has 2 saturated heterocycles. The van der Waals surface area contributed by atoms with Crippen molar-refractivity contribution in [3.05, 3.63) is 65.7 Å². The van der Waals surface area contributed by atoms with Gasteiger partial charge >= 0.3 is 12.1 Å². The summed E-state index contributed by atoms with van der Waals surface area (Å²) < 4.78 is 17.2. The van der Waals surface area contributed by atoms with Gasteiger partial charge in [-0.05, 0) is 106 Å². The average Bonchev–Trinajstić information content (AvgIpc) is 1.16. The number of nitrogens with one attached hydrogen (secondary N) is 3. The number of aryl methyl sites for hydroxylation is 1. The van der Waals surface area contributed by atoms with Crippen molar-refractivity contribution in [2.75, 3.05) is 66.1 Å². The molecule has 23 nitrogen and oxygen atoms in total. The van der Waals surface area contributed by atoms with Gasteiger partial charge in [0, 0.05) is 103 Å². The first kappa shape index (κ1) is 85.5. The quantitative estimate of drug-likeness (QED) is 0.0305. The molecule has 98 heavy (non-hydrogen) atoms. The summed E-state index contributed by atoms with van der Waals surface area (Å²) in [7, 11) is 6.40. The Hall–Kier alpha value is -6.76. The number of likely N-dealkylation sites (N-methyl/N-ethyl adjacent to an activating group) is 2. The number of anilines is 1. The summed E-state index contributed by atoms with van der Waals surface area (Å²) in [6, 6.07) is 13.7. The van der Waals surface area contributed by atoms with Crippen molar-refractivity contribution in [3.8, 4) is 0 Å². The molecule has 0 aliphatic carbocycles. The van der Waals surface area contributed by atoms with E-state index in [2.05, 4.69) is 16.0 Å². The minimum atomic E-state index is -0.779. The van der Waals surface area contributed by atoms with E-state index in [1.54, 1.807) is 52.3 Å². The number of aliphatic hydroxyl groups excluding tert-OH is 1. The maximum absolute atomic E-state index is 14.4. The van der Waals surface area contributed by atoms with Gasteiger partial charge < -0.3 is 55.7 Å². The molecule has 550 valence electrons. The number of thioether (sulfide) groups is 1. The predicted molar refractivity (Wildman–Crippen MR) is 381 cm³/mol. The zero-order valence-electron chi connectivity index (χ0n) is 61.6. The normalized spacial score (nSPS) is 18.1. The van der Waals surface area contributed by atoms with E-state index in [0.29, 0.717) is 57.3 Å². The standard InChI is InChI=1S/C44H73N3O9.C30H45N5O6S/c1-14-29(7)40(45(10)43(52)33(27(3)4)25-36(49)39(28(5)6)46(11)44(53)56-15-2)37(54-12)26-38(50)47-23-19-22-34(47)42(55-13)31(9)35(48)24-30(8)41(51)32-20-17-16-18-21-32;1-19(2)27(34-25(37)10-6-5-7-16-35-26(38)18-24(42-4)29(35)40)23(36)17-21(9-8-15-32-30(31)41)28(39)33-22-13-11-20(3)12-14-22/h16-18,20-21,27-31,33-34,37,39-42,51H,14-15,19,22-26H2,1-13H3;11-14,19,21,24,27H,5-10,15-18H2,1-4H3,(H,33,39)(H,34,37)(H3,31,32,41)/t29-,30-,31-,33-,34-,37+,39-,40-,41+,42+;21-,24?,27+/m01/s1. The molecule has 0 bridgehead atoms. The van der Waals surface area contributed by atoms with Gasteiger partial charge in [0.2, 0.25) is 35.4 Å². The number of ketones is 3. The van der Waals surface area contributed by atoms with Crippen molar-refractivity contribution in [2.24, 2.45) is 53.1 Å². The van der Waals surface area contributed by atoms with Gasteiger partial charge in [-0.3, -0.25) is 48.1 Å². The van der Waals surface area contributed by atoms with Crippen molar-refractivity contribution >= 4 is 82.4 Å². The lowest BCUT2D eigenvalue weighted by atomic mass is 9.83. The molecule has 24 heteroatoms. The van der Waals surface area contributed by atoms with Crippen LogP contribution in [0.4, 0.5) is 15.3 Å². The SMILES string of the molecule is CCOC(=O)N(C)[C@H](C(=O)C[C@H](C(=O)N(C)[C@@H]([C@@H](C)CC)[C@@H](CC(=O)N1CCC[C@H]1[C@H](OC)[C@@H](C)C(=O)C[C@H](C)[C@@H](O)c1ccccc1)OC)C(C)C)C(C)C.CSC1CC(=O)N(CCCCCC(=O)N[C@H](C(=O)C[C@@H](CCCNC(N)=O)C(=O)Nc2ccc(C)cc2)C(C)C)C1=O. The molecule has 2 aliphatic heterocycles. The lowest BCUT2D eigenvalue weighted by molar-refractivity contribution is -0.149. The Bertz CT molecular complexity index is 2900. The van der Waals surface area contributed by atoms with E-state index in [9.17, 15) is 57.8 Å². The first-order chi connectivity index (χ1) is 46.3. The Morgan fingerprint density at radius 1 is 0.755 bits per heavy atom. The summed E-state index contributed by atoms with van der Waals surface area (Å²) in [5.74, 6) is -4.43. The number of hydrogen-bond donors (Lipinski definition) is 5. The first-order valence-electron chi connectivity index (χ1n) is 35.2. The van der Waals surface area contributed by atoms with Crippen LogP contribution < -0.4 is 21.7 Å². The van der Waals surface area contributed by atoms with Crippen molar-refractivity contribution in [1.29, 1.82) is 0 Å². The molecule has 2 heterocycles. The molecule has 2 fully saturated rings. The number of benzene rings is 2. The van der Waals surface area contributed by atoms with Crippen LogP contribution in [-0.2, 0) is 57.4 Å². The highest BCUT2D eigenvalue weighted by Gasteiger charge is 2.44. The van der Waals surface area contributed by atoms with Crippen molar-refractivity contribution < 1.29 is 72.1 Å². The number of hydrogen-bond acceptors (Lipinski definition) is 16. The Morgan fingerprint density at radius 3 is 1.96 bits per heavy atom. The fourth-order valence-electron chi connectivity index (χ4n) is 13.3. The summed E-state index contributed by atoms with van der Waals surface area (Å²) in [5, 5.41) is 18.8. The van der Waals surface area contributed by atoms with Gasteiger partial charge in [-0.2, -0.15) is 11.8 Å². The topological polar surface area (TPSA) is 311 Å². The largest absolute Gasteiger partial charge is 0.450 e. The van der Waals surface area contributed by atoms with Crippen LogP contribution in [0.25, 0.3) is 0 Å². The predicted octanol–water partition coefficient (Wildman–Crippen LogP) is 9.73. The lowest BCUT2D eigenvalue weighted by Crippen LogP contribution is -2.54. The van der Waals surface area contributed by atoms with Gasteiger partial charge in [0.05, 0.1) is 60.8 Å². The molecule has 2 aromatic carbocycles. The van der Waals surface area contributed by atoms with Crippen LogP contribution in [0.15, 0.2) is 54.6 Å². The Balaban J connectivity index is 0.000000531. The van der Waals surface area contributed by atoms with Crippen LogP contribution in [0.3, 0.4) is 0 Å². The van der Waals surface area contributed by atoms with Gasteiger partial charge in [-0.25, -0.2) is 9.59 Å². The van der Waals surface area contributed by atoms with E-state index in [-0.39, 0.29) is 145 Å². The molecule has 4 rings (SSSR count). The van der Waals surface area contributed by atoms with Gasteiger partial charge in [0.25, 0.3) is 0 Å². The Kier molecular flexibility index (Phi) is 37.5. The number of imide groups is 1. The van der Waals surface area contributed by atoms with Crippen LogP contribution in [0.2, 0.25) is 0 Å². The van der Waals surface area contributed by atoms with Crippen molar-refractivity contribution in [1.82, 2.24) is 30.2 Å². The van der Waals surface area contributed by atoms with Gasteiger partial charge in [0.1, 0.15) is 5.78 Å². The van der Waals surface area contributed by atoms with Crippen LogP contribution in [-0.4, -0.2) is 192 Å². The highest BCUT2D eigenvalue weighted by atomic mass is 32.2. The number of nitrogens with zero attached hydrogens (tertiary/aromatic N) is 4. The van der Waals surface area contributed by atoms with Gasteiger partial charge in [0.15, 0.2) is 11.6 Å². The Morgan fingerprint density at radius 2 is 1.41 bits per heavy atom. The van der Waals surface area contributed by atoms with Crippen molar-refractivity contribution in [3.63, 3.8) is 0 Å².